The molecule has 2 aromatic rings. The lowest BCUT2D eigenvalue weighted by molar-refractivity contribution is -0.113. The summed E-state index contributed by atoms with van der Waals surface area (Å²) >= 11 is 1.29. The number of hydrogen-bond donors (Lipinski definition) is 1. The number of ether oxygens (including phenoxy) is 1. The summed E-state index contributed by atoms with van der Waals surface area (Å²) in [6.07, 6.45) is 1.62. The maximum atomic E-state index is 14.0. The van der Waals surface area contributed by atoms with Gasteiger partial charge >= 0.3 is 0 Å². The first kappa shape index (κ1) is 19.3. The van der Waals surface area contributed by atoms with E-state index < -0.39 is 0 Å². The second-order valence-electron chi connectivity index (χ2n) is 6.63. The molecule has 2 heterocycles. The Bertz CT molecular complexity index is 1000. The number of aromatic hydroxyl groups is 1. The number of aliphatic imine (C=N–C) groups is 1. The fourth-order valence-electron chi connectivity index (χ4n) is 3.34. The Morgan fingerprint density at radius 1 is 1.10 bits per heavy atom. The molecule has 0 aromatic heterocycles. The summed E-state index contributed by atoms with van der Waals surface area (Å²) < 4.78 is 19.1. The van der Waals surface area contributed by atoms with Gasteiger partial charge in [-0.2, -0.15) is 4.99 Å². The number of halogens is 1. The predicted molar refractivity (Wildman–Crippen MR) is 113 cm³/mol. The van der Waals surface area contributed by atoms with Crippen molar-refractivity contribution < 1.29 is 19.0 Å². The molecule has 0 bridgehead atoms. The number of carbonyl (C=O) groups excluding carboxylic acids is 1. The number of carbonyl (C=O) groups is 1. The maximum absolute atomic E-state index is 14.0. The third-order valence-corrected chi connectivity index (χ3v) is 5.93. The standard InChI is InChI=1S/C21H20FN3O3S/c1-28-17-8-4-5-14(19(17)26)13-18-20(27)23-21(29-18)25-11-9-24(10-12-25)16-7-3-2-6-15(16)22/h2-8,13,26H,9-12H2,1H3/b18-13-. The smallest absolute Gasteiger partial charge is 0.286 e. The van der Waals surface area contributed by atoms with Gasteiger partial charge in [-0.05, 0) is 36.0 Å². The molecule has 0 unspecified atom stereocenters. The van der Waals surface area contributed by atoms with E-state index in [0.29, 0.717) is 53.3 Å². The third kappa shape index (κ3) is 3.93. The van der Waals surface area contributed by atoms with E-state index in [1.807, 2.05) is 15.9 Å². The summed E-state index contributed by atoms with van der Waals surface area (Å²) in [6, 6.07) is 11.9. The first-order valence-corrected chi connectivity index (χ1v) is 10.0. The number of phenolic OH excluding ortho intramolecular Hbond substituents is 1. The Hall–Kier alpha value is -3.00. The summed E-state index contributed by atoms with van der Waals surface area (Å²) in [6.45, 7) is 2.57. The summed E-state index contributed by atoms with van der Waals surface area (Å²) in [7, 11) is 1.48. The zero-order valence-electron chi connectivity index (χ0n) is 15.8. The van der Waals surface area contributed by atoms with Crippen molar-refractivity contribution in [2.24, 2.45) is 4.99 Å². The van der Waals surface area contributed by atoms with Crippen molar-refractivity contribution in [3.63, 3.8) is 0 Å². The van der Waals surface area contributed by atoms with E-state index in [0.717, 1.165) is 0 Å². The van der Waals surface area contributed by atoms with Gasteiger partial charge in [-0.3, -0.25) is 4.79 Å². The monoisotopic (exact) mass is 413 g/mol. The molecule has 2 aliphatic heterocycles. The van der Waals surface area contributed by atoms with Crippen LogP contribution in [0.1, 0.15) is 5.56 Å². The minimum Gasteiger partial charge on any atom is -0.504 e. The maximum Gasteiger partial charge on any atom is 0.286 e. The molecule has 6 nitrogen and oxygen atoms in total. The SMILES string of the molecule is COc1cccc(/C=C2\SC(N3CCN(c4ccccc4F)CC3)=NC2=O)c1O. The minimum atomic E-state index is -0.330. The van der Waals surface area contributed by atoms with Crippen LogP contribution in [0.4, 0.5) is 10.1 Å². The number of rotatable bonds is 3. The largest absolute Gasteiger partial charge is 0.504 e. The number of nitrogens with zero attached hydrogens (tertiary/aromatic N) is 3. The molecular weight excluding hydrogens is 393 g/mol. The first-order chi connectivity index (χ1) is 14.1. The number of anilines is 1. The van der Waals surface area contributed by atoms with E-state index in [4.69, 9.17) is 4.74 Å². The van der Waals surface area contributed by atoms with Gasteiger partial charge in [0.1, 0.15) is 5.82 Å². The highest BCUT2D eigenvalue weighted by Crippen LogP contribution is 2.36. The summed E-state index contributed by atoms with van der Waals surface area (Å²) in [4.78, 5) is 21.0. The quantitative estimate of drug-likeness (QED) is 0.779. The van der Waals surface area contributed by atoms with Gasteiger partial charge in [0.15, 0.2) is 16.7 Å². The van der Waals surface area contributed by atoms with Gasteiger partial charge < -0.3 is 19.6 Å². The van der Waals surface area contributed by atoms with Crippen molar-refractivity contribution in [3.05, 3.63) is 58.8 Å². The lowest BCUT2D eigenvalue weighted by atomic mass is 10.1. The number of amides is 1. The molecule has 150 valence electrons. The van der Waals surface area contributed by atoms with Crippen LogP contribution in [0.5, 0.6) is 11.5 Å². The molecule has 1 N–H and O–H groups in total. The van der Waals surface area contributed by atoms with Gasteiger partial charge in [-0.25, -0.2) is 4.39 Å². The molecule has 2 aromatic carbocycles. The van der Waals surface area contributed by atoms with Crippen LogP contribution in [0.25, 0.3) is 6.08 Å². The molecule has 2 aliphatic rings. The molecule has 0 saturated carbocycles. The molecule has 4 rings (SSSR count). The summed E-state index contributed by atoms with van der Waals surface area (Å²) in [5, 5.41) is 10.9. The highest BCUT2D eigenvalue weighted by molar-refractivity contribution is 8.18. The van der Waals surface area contributed by atoms with Gasteiger partial charge in [-0.1, -0.05) is 24.3 Å². The highest BCUT2D eigenvalue weighted by Gasteiger charge is 2.29. The lowest BCUT2D eigenvalue weighted by Crippen LogP contribution is -2.48. The average Bonchev–Trinajstić information content (AvgIpc) is 3.10. The summed E-state index contributed by atoms with van der Waals surface area (Å²) in [5.41, 5.74) is 1.10. The van der Waals surface area contributed by atoms with Crippen molar-refractivity contribution in [3.8, 4) is 11.5 Å². The van der Waals surface area contributed by atoms with E-state index in [9.17, 15) is 14.3 Å². The molecule has 1 saturated heterocycles. The van der Waals surface area contributed by atoms with Gasteiger partial charge in [0, 0.05) is 31.7 Å². The van der Waals surface area contributed by atoms with Crippen molar-refractivity contribution in [1.82, 2.24) is 4.90 Å². The van der Waals surface area contributed by atoms with Gasteiger partial charge in [0.05, 0.1) is 17.7 Å². The number of amidine groups is 1. The van der Waals surface area contributed by atoms with Crippen LogP contribution >= 0.6 is 11.8 Å². The minimum absolute atomic E-state index is 0.0112. The van der Waals surface area contributed by atoms with Crippen molar-refractivity contribution in [2.45, 2.75) is 0 Å². The van der Waals surface area contributed by atoms with E-state index in [2.05, 4.69) is 4.99 Å². The van der Waals surface area contributed by atoms with E-state index in [-0.39, 0.29) is 17.5 Å². The van der Waals surface area contributed by atoms with Crippen LogP contribution in [0.2, 0.25) is 0 Å². The Morgan fingerprint density at radius 3 is 2.55 bits per heavy atom. The van der Waals surface area contributed by atoms with E-state index in [1.54, 1.807) is 36.4 Å². The number of hydrogen-bond acceptors (Lipinski definition) is 6. The Kier molecular flexibility index (Phi) is 5.44. The van der Waals surface area contributed by atoms with E-state index >= 15 is 0 Å². The molecule has 0 radical (unpaired) electrons. The molecule has 0 aliphatic carbocycles. The fraction of sp³-hybridized carbons (Fsp3) is 0.238. The zero-order valence-corrected chi connectivity index (χ0v) is 16.7. The van der Waals surface area contributed by atoms with Crippen LogP contribution < -0.4 is 9.64 Å². The lowest BCUT2D eigenvalue weighted by Gasteiger charge is -2.36. The molecule has 29 heavy (non-hydrogen) atoms. The first-order valence-electron chi connectivity index (χ1n) is 9.20. The number of phenols is 1. The normalized spacial score (nSPS) is 18.3. The van der Waals surface area contributed by atoms with Crippen LogP contribution in [-0.2, 0) is 4.79 Å². The van der Waals surface area contributed by atoms with Crippen LogP contribution in [0.3, 0.4) is 0 Å². The highest BCUT2D eigenvalue weighted by atomic mass is 32.2. The van der Waals surface area contributed by atoms with Crippen LogP contribution in [0, 0.1) is 5.82 Å². The van der Waals surface area contributed by atoms with Gasteiger partial charge in [0.25, 0.3) is 5.91 Å². The molecule has 0 spiro atoms. The number of benzene rings is 2. The number of methoxy groups -OCH3 is 1. The number of piperazine rings is 1. The molecule has 1 fully saturated rings. The van der Waals surface area contributed by atoms with Gasteiger partial charge in [-0.15, -0.1) is 0 Å². The molecule has 0 atom stereocenters. The number of thioether (sulfide) groups is 1. The predicted octanol–water partition coefficient (Wildman–Crippen LogP) is 3.33. The summed E-state index contributed by atoms with van der Waals surface area (Å²) in [5.74, 6) is -0.223. The number of para-hydroxylation sites is 2. The van der Waals surface area contributed by atoms with Crippen LogP contribution in [0.15, 0.2) is 52.4 Å². The molecule has 1 amide bonds. The molecule has 8 heteroatoms. The van der Waals surface area contributed by atoms with Gasteiger partial charge in [0.2, 0.25) is 0 Å². The Morgan fingerprint density at radius 2 is 1.83 bits per heavy atom. The van der Waals surface area contributed by atoms with Crippen LogP contribution in [-0.4, -0.2) is 54.4 Å². The fourth-order valence-corrected chi connectivity index (χ4v) is 4.30. The second kappa shape index (κ2) is 8.16. The van der Waals surface area contributed by atoms with E-state index in [1.165, 1.54) is 24.9 Å². The van der Waals surface area contributed by atoms with Crippen molar-refractivity contribution in [2.75, 3.05) is 38.2 Å². The molecular formula is C21H20FN3O3S. The van der Waals surface area contributed by atoms with Crippen molar-refractivity contribution >= 4 is 34.6 Å². The van der Waals surface area contributed by atoms with Crippen molar-refractivity contribution in [1.29, 1.82) is 0 Å². The second-order valence-corrected chi connectivity index (χ2v) is 7.64. The average molecular weight is 413 g/mol. The topological polar surface area (TPSA) is 65.4 Å². The Labute approximate surface area is 172 Å². The third-order valence-electron chi connectivity index (χ3n) is 4.89. The zero-order chi connectivity index (χ0) is 20.4. The Balaban J connectivity index is 1.44.